The molecule has 0 nitrogen and oxygen atoms in total. The molecule has 0 amide bonds. The Hall–Kier alpha value is -1.56. The molecule has 2 rings (SSSR count). The average molecular weight is 322 g/mol. The summed E-state index contributed by atoms with van der Waals surface area (Å²) in [5.41, 5.74) is 8.51. The molecule has 0 aromatic heterocycles. The topological polar surface area (TPSA) is 0 Å². The molecule has 0 aliphatic carbocycles. The highest BCUT2D eigenvalue weighted by Gasteiger charge is 2.19. The molecule has 2 atom stereocenters. The molecule has 1 radical (unpaired) electrons. The maximum atomic E-state index is 4.13. The van der Waals surface area contributed by atoms with Crippen molar-refractivity contribution < 1.29 is 0 Å². The van der Waals surface area contributed by atoms with Crippen LogP contribution in [0.5, 0.6) is 0 Å². The van der Waals surface area contributed by atoms with E-state index in [4.69, 9.17) is 0 Å². The lowest BCUT2D eigenvalue weighted by molar-refractivity contribution is 0.496. The van der Waals surface area contributed by atoms with E-state index in [0.29, 0.717) is 11.8 Å². The van der Waals surface area contributed by atoms with Crippen molar-refractivity contribution in [3.8, 4) is 0 Å². The maximum Gasteiger partial charge on any atom is -0.0156 e. The molecule has 0 heteroatoms. The maximum absolute atomic E-state index is 4.13. The fraction of sp³-hybridized carbons (Fsp3) is 0.458. The quantitative estimate of drug-likeness (QED) is 0.505. The van der Waals surface area contributed by atoms with Crippen molar-refractivity contribution in [3.63, 3.8) is 0 Å². The molecule has 2 aromatic carbocycles. The predicted molar refractivity (Wildman–Crippen MR) is 107 cm³/mol. The molecule has 0 spiro atoms. The SMILES string of the molecule is [CH2]CCC(CC(CC)c1cc(C)cc(C)c1)c1cc(C)cc(C)c1. The first-order chi connectivity index (χ1) is 11.4. The monoisotopic (exact) mass is 321 g/mol. The normalized spacial score (nSPS) is 13.8. The van der Waals surface area contributed by atoms with Gasteiger partial charge in [-0.1, -0.05) is 78.9 Å². The number of aryl methyl sites for hydroxylation is 4. The molecule has 24 heavy (non-hydrogen) atoms. The first-order valence-electron chi connectivity index (χ1n) is 9.38. The molecule has 0 fully saturated rings. The third kappa shape index (κ3) is 4.97. The zero-order chi connectivity index (χ0) is 17.7. The van der Waals surface area contributed by atoms with Crippen molar-refractivity contribution in [3.05, 3.63) is 76.7 Å². The lowest BCUT2D eigenvalue weighted by atomic mass is 9.80. The van der Waals surface area contributed by atoms with Gasteiger partial charge in [-0.3, -0.25) is 0 Å². The molecule has 0 bridgehead atoms. The summed E-state index contributed by atoms with van der Waals surface area (Å²) >= 11 is 0. The number of hydrogen-bond donors (Lipinski definition) is 0. The van der Waals surface area contributed by atoms with Crippen LogP contribution in [0.4, 0.5) is 0 Å². The third-order valence-electron chi connectivity index (χ3n) is 5.05. The van der Waals surface area contributed by atoms with Gasteiger partial charge in [0.15, 0.2) is 0 Å². The largest absolute Gasteiger partial charge is 0.0648 e. The lowest BCUT2D eigenvalue weighted by Crippen LogP contribution is -2.08. The fourth-order valence-corrected chi connectivity index (χ4v) is 4.04. The molecule has 129 valence electrons. The van der Waals surface area contributed by atoms with Gasteiger partial charge in [0.25, 0.3) is 0 Å². The summed E-state index contributed by atoms with van der Waals surface area (Å²) in [6.45, 7) is 15.3. The molecule has 0 N–H and O–H groups in total. The van der Waals surface area contributed by atoms with Crippen LogP contribution in [0.2, 0.25) is 0 Å². The Labute approximate surface area is 149 Å². The van der Waals surface area contributed by atoms with Gasteiger partial charge in [0.1, 0.15) is 0 Å². The summed E-state index contributed by atoms with van der Waals surface area (Å²) in [4.78, 5) is 0. The Bertz CT molecular complexity index is 625. The third-order valence-corrected chi connectivity index (χ3v) is 5.05. The van der Waals surface area contributed by atoms with E-state index in [1.165, 1.54) is 52.6 Å². The van der Waals surface area contributed by atoms with Crippen molar-refractivity contribution in [1.29, 1.82) is 0 Å². The van der Waals surface area contributed by atoms with Gasteiger partial charge in [-0.15, -0.1) is 0 Å². The summed E-state index contributed by atoms with van der Waals surface area (Å²) in [6.07, 6.45) is 4.59. The van der Waals surface area contributed by atoms with Gasteiger partial charge in [-0.05, 0) is 69.9 Å². The zero-order valence-electron chi connectivity index (χ0n) is 16.2. The Balaban J connectivity index is 2.30. The van der Waals surface area contributed by atoms with Crippen LogP contribution in [-0.2, 0) is 0 Å². The van der Waals surface area contributed by atoms with Crippen LogP contribution in [0.25, 0.3) is 0 Å². The van der Waals surface area contributed by atoms with Gasteiger partial charge in [0.2, 0.25) is 0 Å². The Morgan fingerprint density at radius 1 is 0.708 bits per heavy atom. The van der Waals surface area contributed by atoms with Crippen LogP contribution in [0, 0.1) is 34.6 Å². The second-order valence-electron chi connectivity index (χ2n) is 7.52. The fourth-order valence-electron chi connectivity index (χ4n) is 4.04. The van der Waals surface area contributed by atoms with E-state index in [1.807, 2.05) is 0 Å². The second-order valence-corrected chi connectivity index (χ2v) is 7.52. The Morgan fingerprint density at radius 3 is 1.50 bits per heavy atom. The Morgan fingerprint density at radius 2 is 1.12 bits per heavy atom. The molecular weight excluding hydrogens is 288 g/mol. The molecule has 2 aromatic rings. The molecule has 0 heterocycles. The first kappa shape index (κ1) is 18.8. The van der Waals surface area contributed by atoms with Gasteiger partial charge in [0.05, 0.1) is 0 Å². The highest BCUT2D eigenvalue weighted by Crippen LogP contribution is 2.36. The van der Waals surface area contributed by atoms with E-state index in [-0.39, 0.29) is 0 Å². The average Bonchev–Trinajstić information content (AvgIpc) is 2.49. The molecule has 2 unspecified atom stereocenters. The van der Waals surface area contributed by atoms with Crippen molar-refractivity contribution in [1.82, 2.24) is 0 Å². The van der Waals surface area contributed by atoms with E-state index in [0.717, 1.165) is 6.42 Å². The highest BCUT2D eigenvalue weighted by molar-refractivity contribution is 5.34. The van der Waals surface area contributed by atoms with Gasteiger partial charge in [0, 0.05) is 0 Å². The van der Waals surface area contributed by atoms with Crippen molar-refractivity contribution in [2.24, 2.45) is 0 Å². The van der Waals surface area contributed by atoms with Crippen molar-refractivity contribution >= 4 is 0 Å². The van der Waals surface area contributed by atoms with Crippen molar-refractivity contribution in [2.45, 2.75) is 72.1 Å². The predicted octanol–water partition coefficient (Wildman–Crippen LogP) is 7.20. The minimum Gasteiger partial charge on any atom is -0.0648 e. The summed E-state index contributed by atoms with van der Waals surface area (Å²) in [7, 11) is 0. The molecular formula is C24H33. The lowest BCUT2D eigenvalue weighted by Gasteiger charge is -2.25. The van der Waals surface area contributed by atoms with Crippen LogP contribution in [0.1, 0.15) is 77.8 Å². The minimum absolute atomic E-state index is 0.604. The van der Waals surface area contributed by atoms with Crippen LogP contribution >= 0.6 is 0 Å². The molecule has 0 aliphatic heterocycles. The van der Waals surface area contributed by atoms with Gasteiger partial charge < -0.3 is 0 Å². The van der Waals surface area contributed by atoms with E-state index >= 15 is 0 Å². The van der Waals surface area contributed by atoms with Crippen LogP contribution in [-0.4, -0.2) is 0 Å². The van der Waals surface area contributed by atoms with E-state index in [1.54, 1.807) is 0 Å². The van der Waals surface area contributed by atoms with Crippen molar-refractivity contribution in [2.75, 3.05) is 0 Å². The molecule has 0 saturated carbocycles. The van der Waals surface area contributed by atoms with Gasteiger partial charge in [-0.2, -0.15) is 0 Å². The minimum atomic E-state index is 0.604. The Kier molecular flexibility index (Phi) is 6.66. The molecule has 0 saturated heterocycles. The van der Waals surface area contributed by atoms with E-state index in [2.05, 4.69) is 77.9 Å². The number of rotatable bonds is 7. The standard InChI is InChI=1S/C24H33/c1-7-9-22(24-14-19(5)11-20(6)15-24)16-21(8-2)23-12-17(3)10-18(4)13-23/h10-15,21-22H,1,7-9,16H2,2-6H3. The van der Waals surface area contributed by atoms with E-state index < -0.39 is 0 Å². The summed E-state index contributed by atoms with van der Waals surface area (Å²) in [6, 6.07) is 14.1. The van der Waals surface area contributed by atoms with Crippen LogP contribution < -0.4 is 0 Å². The second kappa shape index (κ2) is 8.51. The van der Waals surface area contributed by atoms with Gasteiger partial charge in [-0.25, -0.2) is 0 Å². The van der Waals surface area contributed by atoms with Gasteiger partial charge >= 0.3 is 0 Å². The summed E-state index contributed by atoms with van der Waals surface area (Å²) in [5, 5.41) is 0. The van der Waals surface area contributed by atoms with Crippen LogP contribution in [0.3, 0.4) is 0 Å². The number of hydrogen-bond acceptors (Lipinski definition) is 0. The van der Waals surface area contributed by atoms with E-state index in [9.17, 15) is 0 Å². The number of benzene rings is 2. The smallest absolute Gasteiger partial charge is 0.0156 e. The first-order valence-corrected chi connectivity index (χ1v) is 9.38. The molecule has 0 aliphatic rings. The highest BCUT2D eigenvalue weighted by atomic mass is 14.2. The van der Waals surface area contributed by atoms with Crippen LogP contribution in [0.15, 0.2) is 36.4 Å². The zero-order valence-corrected chi connectivity index (χ0v) is 16.2. The summed E-state index contributed by atoms with van der Waals surface area (Å²) < 4.78 is 0. The summed E-state index contributed by atoms with van der Waals surface area (Å²) in [5.74, 6) is 1.23.